The van der Waals surface area contributed by atoms with Crippen LogP contribution >= 0.6 is 11.3 Å². The third-order valence-corrected chi connectivity index (χ3v) is 4.93. The Morgan fingerprint density at radius 2 is 2.14 bits per heavy atom. The molecule has 1 aliphatic rings. The number of rotatable bonds is 5. The summed E-state index contributed by atoms with van der Waals surface area (Å²) >= 11 is 1.39. The molecule has 1 N–H and O–H groups in total. The molecule has 0 saturated carbocycles. The van der Waals surface area contributed by atoms with E-state index in [2.05, 4.69) is 43.2 Å². The van der Waals surface area contributed by atoms with Crippen molar-refractivity contribution in [2.45, 2.75) is 52.4 Å². The van der Waals surface area contributed by atoms with Crippen LogP contribution in [0, 0.1) is 5.92 Å². The van der Waals surface area contributed by atoms with Gasteiger partial charge in [-0.25, -0.2) is 0 Å². The minimum atomic E-state index is -0.286. The molecule has 22 heavy (non-hydrogen) atoms. The fourth-order valence-electron chi connectivity index (χ4n) is 2.30. The van der Waals surface area contributed by atoms with Gasteiger partial charge in [0.15, 0.2) is 0 Å². The zero-order valence-corrected chi connectivity index (χ0v) is 14.5. The lowest BCUT2D eigenvalue weighted by molar-refractivity contribution is -0.128. The maximum absolute atomic E-state index is 12.3. The second-order valence-corrected chi connectivity index (χ2v) is 7.72. The Labute approximate surface area is 135 Å². The first-order valence-corrected chi connectivity index (χ1v) is 8.55. The SMILES string of the molecule is CCCCN1CC(C(=O)Nc2nnc(C(C)(C)C)s2)CC1=O. The van der Waals surface area contributed by atoms with E-state index in [9.17, 15) is 9.59 Å². The Bertz CT molecular complexity index is 550. The summed E-state index contributed by atoms with van der Waals surface area (Å²) in [5.74, 6) is -0.350. The molecule has 0 radical (unpaired) electrons. The Kier molecular flexibility index (Phi) is 5.16. The second-order valence-electron chi connectivity index (χ2n) is 6.75. The summed E-state index contributed by atoms with van der Waals surface area (Å²) in [6.07, 6.45) is 2.31. The first kappa shape index (κ1) is 16.9. The molecule has 0 spiro atoms. The first-order valence-electron chi connectivity index (χ1n) is 7.74. The topological polar surface area (TPSA) is 75.2 Å². The van der Waals surface area contributed by atoms with Crippen LogP contribution in [0.4, 0.5) is 5.13 Å². The van der Waals surface area contributed by atoms with Crippen LogP contribution in [-0.2, 0) is 15.0 Å². The minimum Gasteiger partial charge on any atom is -0.342 e. The van der Waals surface area contributed by atoms with Crippen molar-refractivity contribution in [3.8, 4) is 0 Å². The van der Waals surface area contributed by atoms with Crippen LogP contribution in [0.1, 0.15) is 52.0 Å². The molecule has 122 valence electrons. The summed E-state index contributed by atoms with van der Waals surface area (Å²) in [7, 11) is 0. The number of nitrogens with one attached hydrogen (secondary N) is 1. The lowest BCUT2D eigenvalue weighted by Crippen LogP contribution is -2.29. The van der Waals surface area contributed by atoms with Crippen LogP contribution in [-0.4, -0.2) is 40.0 Å². The minimum absolute atomic E-state index is 0.0706. The van der Waals surface area contributed by atoms with Crippen molar-refractivity contribution in [3.05, 3.63) is 5.01 Å². The van der Waals surface area contributed by atoms with Crippen molar-refractivity contribution in [1.82, 2.24) is 15.1 Å². The first-order chi connectivity index (χ1) is 10.3. The quantitative estimate of drug-likeness (QED) is 0.902. The van der Waals surface area contributed by atoms with E-state index in [1.165, 1.54) is 11.3 Å². The zero-order chi connectivity index (χ0) is 16.3. The normalized spacial score (nSPS) is 18.8. The van der Waals surface area contributed by atoms with Gasteiger partial charge in [0.2, 0.25) is 16.9 Å². The highest BCUT2D eigenvalue weighted by Crippen LogP contribution is 2.28. The standard InChI is InChI=1S/C15H24N4O2S/c1-5-6-7-19-9-10(8-11(19)20)12(21)16-14-18-17-13(22-14)15(2,3)4/h10H,5-9H2,1-4H3,(H,16,18,21). The molecule has 2 amide bonds. The van der Waals surface area contributed by atoms with Gasteiger partial charge in [-0.05, 0) is 6.42 Å². The molecule has 1 aromatic rings. The average molecular weight is 324 g/mol. The molecule has 1 atom stereocenters. The van der Waals surface area contributed by atoms with Crippen molar-refractivity contribution in [1.29, 1.82) is 0 Å². The number of hydrogen-bond acceptors (Lipinski definition) is 5. The van der Waals surface area contributed by atoms with Crippen molar-refractivity contribution in [3.63, 3.8) is 0 Å². The largest absolute Gasteiger partial charge is 0.342 e. The van der Waals surface area contributed by atoms with E-state index in [0.717, 1.165) is 24.4 Å². The van der Waals surface area contributed by atoms with Crippen molar-refractivity contribution >= 4 is 28.3 Å². The summed E-state index contributed by atoms with van der Waals surface area (Å²) in [6, 6.07) is 0. The number of hydrogen-bond donors (Lipinski definition) is 1. The summed E-state index contributed by atoms with van der Waals surface area (Å²) in [6.45, 7) is 9.51. The van der Waals surface area contributed by atoms with Gasteiger partial charge >= 0.3 is 0 Å². The highest BCUT2D eigenvalue weighted by Gasteiger charge is 2.34. The van der Waals surface area contributed by atoms with E-state index in [-0.39, 0.29) is 23.1 Å². The molecule has 0 aliphatic carbocycles. The number of anilines is 1. The third-order valence-electron chi connectivity index (χ3n) is 3.66. The van der Waals surface area contributed by atoms with Gasteiger partial charge in [0, 0.05) is 24.9 Å². The second kappa shape index (κ2) is 6.73. The van der Waals surface area contributed by atoms with Crippen molar-refractivity contribution < 1.29 is 9.59 Å². The van der Waals surface area contributed by atoms with Gasteiger partial charge in [-0.15, -0.1) is 10.2 Å². The molecule has 2 rings (SSSR count). The van der Waals surface area contributed by atoms with Gasteiger partial charge in [-0.2, -0.15) is 0 Å². The Balaban J connectivity index is 1.93. The van der Waals surface area contributed by atoms with Gasteiger partial charge in [0.1, 0.15) is 5.01 Å². The Morgan fingerprint density at radius 3 is 2.73 bits per heavy atom. The van der Waals surface area contributed by atoms with Crippen molar-refractivity contribution in [2.75, 3.05) is 18.4 Å². The number of unbranched alkanes of at least 4 members (excludes halogenated alkanes) is 1. The van der Waals surface area contributed by atoms with Gasteiger partial charge in [-0.1, -0.05) is 45.5 Å². The van der Waals surface area contributed by atoms with Crippen molar-refractivity contribution in [2.24, 2.45) is 5.92 Å². The molecule has 1 aliphatic heterocycles. The number of amides is 2. The predicted molar refractivity (Wildman–Crippen MR) is 86.8 cm³/mol. The maximum atomic E-state index is 12.3. The molecule has 0 aromatic carbocycles. The lowest BCUT2D eigenvalue weighted by atomic mass is 9.98. The van der Waals surface area contributed by atoms with Crippen LogP contribution < -0.4 is 5.32 Å². The molecule has 0 bridgehead atoms. The van der Waals surface area contributed by atoms with E-state index in [1.807, 2.05) is 0 Å². The maximum Gasteiger partial charge on any atom is 0.231 e. The molecule has 6 nitrogen and oxygen atoms in total. The van der Waals surface area contributed by atoms with Gasteiger partial charge < -0.3 is 10.2 Å². The van der Waals surface area contributed by atoms with Crippen LogP contribution in [0.3, 0.4) is 0 Å². The van der Waals surface area contributed by atoms with Crippen LogP contribution in [0.15, 0.2) is 0 Å². The fourth-order valence-corrected chi connectivity index (χ4v) is 3.10. The number of carbonyl (C=O) groups is 2. The number of aromatic nitrogens is 2. The molecule has 1 unspecified atom stereocenters. The van der Waals surface area contributed by atoms with E-state index >= 15 is 0 Å². The molecule has 1 fully saturated rings. The highest BCUT2D eigenvalue weighted by molar-refractivity contribution is 7.15. The molecule has 1 saturated heterocycles. The molecular formula is C15H24N4O2S. The monoisotopic (exact) mass is 324 g/mol. The summed E-state index contributed by atoms with van der Waals surface area (Å²) in [5.41, 5.74) is -0.0824. The van der Waals surface area contributed by atoms with Gasteiger partial charge in [0.25, 0.3) is 0 Å². The third kappa shape index (κ3) is 4.03. The summed E-state index contributed by atoms with van der Waals surface area (Å²) in [4.78, 5) is 26.0. The molecule has 7 heteroatoms. The smallest absolute Gasteiger partial charge is 0.231 e. The number of likely N-dealkylation sites (tertiary alicyclic amines) is 1. The van der Waals surface area contributed by atoms with E-state index < -0.39 is 0 Å². The number of nitrogens with zero attached hydrogens (tertiary/aromatic N) is 3. The predicted octanol–water partition coefficient (Wildman–Crippen LogP) is 2.42. The van der Waals surface area contributed by atoms with Crippen LogP contribution in [0.2, 0.25) is 0 Å². The van der Waals surface area contributed by atoms with E-state index in [1.54, 1.807) is 4.90 Å². The van der Waals surface area contributed by atoms with Gasteiger partial charge in [0.05, 0.1) is 5.92 Å². The van der Waals surface area contributed by atoms with Crippen LogP contribution in [0.5, 0.6) is 0 Å². The Morgan fingerprint density at radius 1 is 1.41 bits per heavy atom. The molecule has 1 aromatic heterocycles. The van der Waals surface area contributed by atoms with E-state index in [0.29, 0.717) is 18.1 Å². The number of carbonyl (C=O) groups excluding carboxylic acids is 2. The van der Waals surface area contributed by atoms with E-state index in [4.69, 9.17) is 0 Å². The van der Waals surface area contributed by atoms with Gasteiger partial charge in [-0.3, -0.25) is 9.59 Å². The Hall–Kier alpha value is -1.50. The summed E-state index contributed by atoms with van der Waals surface area (Å²) < 4.78 is 0. The lowest BCUT2D eigenvalue weighted by Gasteiger charge is -2.15. The highest BCUT2D eigenvalue weighted by atomic mass is 32.1. The fraction of sp³-hybridized carbons (Fsp3) is 0.733. The zero-order valence-electron chi connectivity index (χ0n) is 13.7. The summed E-state index contributed by atoms with van der Waals surface area (Å²) in [5, 5.41) is 12.3. The van der Waals surface area contributed by atoms with Crippen LogP contribution in [0.25, 0.3) is 0 Å². The molecule has 2 heterocycles. The molecular weight excluding hydrogens is 300 g/mol. The average Bonchev–Trinajstić information content (AvgIpc) is 3.03.